The van der Waals surface area contributed by atoms with E-state index in [-0.39, 0.29) is 12.2 Å². The monoisotopic (exact) mass is 193 g/mol. The van der Waals surface area contributed by atoms with Crippen molar-refractivity contribution in [2.24, 2.45) is 0 Å². The van der Waals surface area contributed by atoms with Crippen molar-refractivity contribution in [3.63, 3.8) is 0 Å². The molecule has 4 nitrogen and oxygen atoms in total. The number of hydrogen-bond donors (Lipinski definition) is 1. The molecule has 0 saturated carbocycles. The summed E-state index contributed by atoms with van der Waals surface area (Å²) in [5.41, 5.74) is 0.822. The molecule has 1 heterocycles. The van der Waals surface area contributed by atoms with Crippen molar-refractivity contribution in [3.8, 4) is 0 Å². The molecule has 1 aromatic rings. The summed E-state index contributed by atoms with van der Waals surface area (Å²) in [6, 6.07) is 3.65. The zero-order valence-corrected chi connectivity index (χ0v) is 7.82. The number of methoxy groups -OCH3 is 1. The molecule has 0 radical (unpaired) electrons. The number of hydrogen-bond acceptors (Lipinski definition) is 3. The molecule has 4 heteroatoms. The third-order valence-electron chi connectivity index (χ3n) is 1.62. The molecular weight excluding hydrogens is 182 g/mol. The van der Waals surface area contributed by atoms with Gasteiger partial charge in [0.1, 0.15) is 6.42 Å². The SMILES string of the molecule is COC(=O)CC(=O)C=Cc1ccc[nH]1. The first-order valence-corrected chi connectivity index (χ1v) is 4.13. The van der Waals surface area contributed by atoms with E-state index in [1.165, 1.54) is 13.2 Å². The highest BCUT2D eigenvalue weighted by atomic mass is 16.5. The van der Waals surface area contributed by atoms with Crippen molar-refractivity contribution in [2.75, 3.05) is 7.11 Å². The van der Waals surface area contributed by atoms with Gasteiger partial charge in [-0.25, -0.2) is 0 Å². The number of carbonyl (C=O) groups excluding carboxylic acids is 2. The van der Waals surface area contributed by atoms with Crippen LogP contribution in [-0.4, -0.2) is 23.8 Å². The number of nitrogens with one attached hydrogen (secondary N) is 1. The van der Waals surface area contributed by atoms with Gasteiger partial charge in [0, 0.05) is 11.9 Å². The summed E-state index contributed by atoms with van der Waals surface area (Å²) in [5.74, 6) is -0.794. The van der Waals surface area contributed by atoms with Crippen LogP contribution in [-0.2, 0) is 14.3 Å². The van der Waals surface area contributed by atoms with Crippen LogP contribution in [0.3, 0.4) is 0 Å². The van der Waals surface area contributed by atoms with Crippen LogP contribution in [0.5, 0.6) is 0 Å². The Morgan fingerprint density at radius 3 is 2.93 bits per heavy atom. The maximum atomic E-state index is 11.1. The summed E-state index contributed by atoms with van der Waals surface area (Å²) in [5, 5.41) is 0. The van der Waals surface area contributed by atoms with Gasteiger partial charge in [0.2, 0.25) is 0 Å². The third-order valence-corrected chi connectivity index (χ3v) is 1.62. The molecule has 0 saturated heterocycles. The molecule has 14 heavy (non-hydrogen) atoms. The molecule has 0 atom stereocenters. The molecule has 0 aliphatic carbocycles. The minimum Gasteiger partial charge on any atom is -0.469 e. The Labute approximate surface area is 81.6 Å². The fraction of sp³-hybridized carbons (Fsp3) is 0.200. The van der Waals surface area contributed by atoms with Gasteiger partial charge in [-0.15, -0.1) is 0 Å². The Kier molecular flexibility index (Phi) is 3.67. The van der Waals surface area contributed by atoms with E-state index in [0.717, 1.165) is 5.69 Å². The lowest BCUT2D eigenvalue weighted by Crippen LogP contribution is -2.06. The first kappa shape index (κ1) is 10.2. The Morgan fingerprint density at radius 2 is 2.36 bits per heavy atom. The lowest BCUT2D eigenvalue weighted by atomic mass is 10.2. The lowest BCUT2D eigenvalue weighted by Gasteiger charge is -1.93. The highest BCUT2D eigenvalue weighted by Crippen LogP contribution is 1.98. The second kappa shape index (κ2) is 5.01. The van der Waals surface area contributed by atoms with E-state index < -0.39 is 5.97 Å². The smallest absolute Gasteiger partial charge is 0.313 e. The summed E-state index contributed by atoms with van der Waals surface area (Å²) >= 11 is 0. The largest absolute Gasteiger partial charge is 0.469 e. The maximum absolute atomic E-state index is 11.1. The molecule has 1 aromatic heterocycles. The second-order valence-electron chi connectivity index (χ2n) is 2.68. The topological polar surface area (TPSA) is 59.2 Å². The number of H-pyrrole nitrogens is 1. The van der Waals surface area contributed by atoms with Crippen LogP contribution in [0.1, 0.15) is 12.1 Å². The number of esters is 1. The van der Waals surface area contributed by atoms with Gasteiger partial charge < -0.3 is 9.72 Å². The summed E-state index contributed by atoms with van der Waals surface area (Å²) in [7, 11) is 1.25. The Bertz CT molecular complexity index is 338. The number of ether oxygens (including phenoxy) is 1. The van der Waals surface area contributed by atoms with Crippen LogP contribution < -0.4 is 0 Å². The lowest BCUT2D eigenvalue weighted by molar-refractivity contribution is -0.142. The minimum atomic E-state index is -0.522. The van der Waals surface area contributed by atoms with E-state index in [4.69, 9.17) is 0 Å². The molecule has 1 N–H and O–H groups in total. The zero-order valence-electron chi connectivity index (χ0n) is 7.82. The fourth-order valence-corrected chi connectivity index (χ4v) is 0.904. The van der Waals surface area contributed by atoms with E-state index in [2.05, 4.69) is 9.72 Å². The molecule has 0 amide bonds. The summed E-state index contributed by atoms with van der Waals surface area (Å²) < 4.78 is 4.36. The molecule has 74 valence electrons. The van der Waals surface area contributed by atoms with Crippen molar-refractivity contribution in [3.05, 3.63) is 30.1 Å². The van der Waals surface area contributed by atoms with Gasteiger partial charge in [0.05, 0.1) is 7.11 Å². The highest BCUT2D eigenvalue weighted by molar-refractivity contribution is 6.03. The van der Waals surface area contributed by atoms with E-state index in [1.54, 1.807) is 12.3 Å². The van der Waals surface area contributed by atoms with Crippen LogP contribution in [0, 0.1) is 0 Å². The predicted octanol–water partition coefficient (Wildman–Crippen LogP) is 1.16. The van der Waals surface area contributed by atoms with Crippen LogP contribution in [0.15, 0.2) is 24.4 Å². The predicted molar refractivity (Wildman–Crippen MR) is 51.5 cm³/mol. The van der Waals surface area contributed by atoms with Gasteiger partial charge in [-0.2, -0.15) is 0 Å². The summed E-state index contributed by atoms with van der Waals surface area (Å²) in [4.78, 5) is 24.7. The van der Waals surface area contributed by atoms with Crippen LogP contribution in [0.2, 0.25) is 0 Å². The van der Waals surface area contributed by atoms with Gasteiger partial charge in [-0.1, -0.05) is 0 Å². The van der Waals surface area contributed by atoms with E-state index >= 15 is 0 Å². The quantitative estimate of drug-likeness (QED) is 0.443. The summed E-state index contributed by atoms with van der Waals surface area (Å²) in [6.07, 6.45) is 4.51. The number of allylic oxidation sites excluding steroid dienone is 1. The maximum Gasteiger partial charge on any atom is 0.313 e. The molecule has 0 unspecified atom stereocenters. The Hall–Kier alpha value is -1.84. The normalized spacial score (nSPS) is 10.4. The van der Waals surface area contributed by atoms with Crippen molar-refractivity contribution >= 4 is 17.8 Å². The van der Waals surface area contributed by atoms with Crippen LogP contribution in [0.25, 0.3) is 6.08 Å². The van der Waals surface area contributed by atoms with Gasteiger partial charge in [0.25, 0.3) is 0 Å². The third kappa shape index (κ3) is 3.26. The number of ketones is 1. The Balaban J connectivity index is 2.45. The van der Waals surface area contributed by atoms with Crippen molar-refractivity contribution in [2.45, 2.75) is 6.42 Å². The van der Waals surface area contributed by atoms with Crippen LogP contribution >= 0.6 is 0 Å². The molecular formula is C10H11NO3. The summed E-state index contributed by atoms with van der Waals surface area (Å²) in [6.45, 7) is 0. The molecule has 0 bridgehead atoms. The van der Waals surface area contributed by atoms with E-state index in [1.807, 2.05) is 12.1 Å². The van der Waals surface area contributed by atoms with Crippen molar-refractivity contribution in [1.29, 1.82) is 0 Å². The first-order chi connectivity index (χ1) is 6.72. The second-order valence-corrected chi connectivity index (χ2v) is 2.68. The first-order valence-electron chi connectivity index (χ1n) is 4.13. The molecule has 0 aliphatic rings. The molecule has 0 spiro atoms. The molecule has 1 rings (SSSR count). The van der Waals surface area contributed by atoms with Crippen molar-refractivity contribution in [1.82, 2.24) is 4.98 Å². The van der Waals surface area contributed by atoms with Gasteiger partial charge >= 0.3 is 5.97 Å². The number of rotatable bonds is 4. The van der Waals surface area contributed by atoms with Gasteiger partial charge in [0.15, 0.2) is 5.78 Å². The van der Waals surface area contributed by atoms with E-state index in [0.29, 0.717) is 0 Å². The Morgan fingerprint density at radius 1 is 1.57 bits per heavy atom. The molecule has 0 aliphatic heterocycles. The average Bonchev–Trinajstić information content (AvgIpc) is 2.67. The number of aromatic amines is 1. The number of aromatic nitrogens is 1. The standard InChI is InChI=1S/C10H11NO3/c1-14-10(13)7-9(12)5-4-8-3-2-6-11-8/h2-6,11H,7H2,1H3. The van der Waals surface area contributed by atoms with Gasteiger partial charge in [-0.05, 0) is 24.3 Å². The minimum absolute atomic E-state index is 0.215. The fourth-order valence-electron chi connectivity index (χ4n) is 0.904. The van der Waals surface area contributed by atoms with Crippen molar-refractivity contribution < 1.29 is 14.3 Å². The van der Waals surface area contributed by atoms with Gasteiger partial charge in [-0.3, -0.25) is 9.59 Å². The van der Waals surface area contributed by atoms with Crippen LogP contribution in [0.4, 0.5) is 0 Å². The highest BCUT2D eigenvalue weighted by Gasteiger charge is 2.05. The molecule has 0 aromatic carbocycles. The molecule has 0 fully saturated rings. The average molecular weight is 193 g/mol. The van der Waals surface area contributed by atoms with E-state index in [9.17, 15) is 9.59 Å². The zero-order chi connectivity index (χ0) is 10.4. The number of carbonyl (C=O) groups is 2.